The molecule has 1 fully saturated rings. The van der Waals surface area contributed by atoms with E-state index >= 15 is 0 Å². The molecule has 2 aliphatic heterocycles. The highest BCUT2D eigenvalue weighted by Gasteiger charge is 2.27. The van der Waals surface area contributed by atoms with Crippen molar-refractivity contribution >= 4 is 23.2 Å². The maximum atomic E-state index is 6.32. The summed E-state index contributed by atoms with van der Waals surface area (Å²) in [5.41, 5.74) is 1.11. The average Bonchev–Trinajstić information content (AvgIpc) is 3.04. The Kier molecular flexibility index (Phi) is 4.77. The number of likely N-dealkylation sites (tertiary alicyclic amines) is 1. The molecule has 7 heteroatoms. The fourth-order valence-electron chi connectivity index (χ4n) is 3.68. The SMILES string of the molecule is Clc1cccc(CN2CCC(c3nnc4n3CCNC4)CC2)c1Cl. The van der Waals surface area contributed by atoms with Gasteiger partial charge in [0.25, 0.3) is 0 Å². The molecule has 1 aromatic carbocycles. The topological polar surface area (TPSA) is 46.0 Å². The zero-order valence-corrected chi connectivity index (χ0v) is 15.0. The van der Waals surface area contributed by atoms with Gasteiger partial charge in [0.05, 0.1) is 16.6 Å². The molecular formula is C17H21Cl2N5. The Bertz CT molecular complexity index is 722. The molecule has 2 aromatic rings. The Labute approximate surface area is 152 Å². The molecule has 24 heavy (non-hydrogen) atoms. The van der Waals surface area contributed by atoms with Crippen LogP contribution < -0.4 is 5.32 Å². The zero-order chi connectivity index (χ0) is 16.5. The third-order valence-corrected chi connectivity index (χ3v) is 5.89. The van der Waals surface area contributed by atoms with Crippen LogP contribution in [0.15, 0.2) is 18.2 Å². The highest BCUT2D eigenvalue weighted by molar-refractivity contribution is 6.42. The third-order valence-electron chi connectivity index (χ3n) is 5.03. The first-order chi connectivity index (χ1) is 11.7. The molecule has 0 saturated carbocycles. The van der Waals surface area contributed by atoms with Crippen molar-refractivity contribution in [1.82, 2.24) is 25.0 Å². The van der Waals surface area contributed by atoms with E-state index in [1.807, 2.05) is 12.1 Å². The van der Waals surface area contributed by atoms with E-state index in [1.54, 1.807) is 0 Å². The Morgan fingerprint density at radius 3 is 2.79 bits per heavy atom. The van der Waals surface area contributed by atoms with Gasteiger partial charge in [0.2, 0.25) is 0 Å². The van der Waals surface area contributed by atoms with Crippen LogP contribution >= 0.6 is 23.2 Å². The van der Waals surface area contributed by atoms with E-state index in [-0.39, 0.29) is 0 Å². The summed E-state index contributed by atoms with van der Waals surface area (Å²) in [7, 11) is 0. The van der Waals surface area contributed by atoms with Crippen LogP contribution in [-0.2, 0) is 19.6 Å². The second kappa shape index (κ2) is 7.00. The number of benzene rings is 1. The van der Waals surface area contributed by atoms with Crippen LogP contribution in [0.1, 0.15) is 36.0 Å². The minimum atomic E-state index is 0.510. The first kappa shape index (κ1) is 16.3. The fourth-order valence-corrected chi connectivity index (χ4v) is 4.06. The summed E-state index contributed by atoms with van der Waals surface area (Å²) >= 11 is 12.4. The van der Waals surface area contributed by atoms with E-state index in [4.69, 9.17) is 23.2 Å². The highest BCUT2D eigenvalue weighted by atomic mass is 35.5. The number of hydrogen-bond donors (Lipinski definition) is 1. The monoisotopic (exact) mass is 365 g/mol. The molecule has 0 unspecified atom stereocenters. The van der Waals surface area contributed by atoms with Crippen molar-refractivity contribution in [2.24, 2.45) is 0 Å². The van der Waals surface area contributed by atoms with Crippen molar-refractivity contribution < 1.29 is 0 Å². The Morgan fingerprint density at radius 1 is 1.12 bits per heavy atom. The van der Waals surface area contributed by atoms with Gasteiger partial charge in [0.1, 0.15) is 11.6 Å². The standard InChI is InChI=1S/C17H21Cl2N5/c18-14-3-1-2-13(16(14)19)11-23-7-4-12(5-8-23)17-22-21-15-10-20-6-9-24(15)17/h1-3,12,20H,4-11H2. The van der Waals surface area contributed by atoms with Gasteiger partial charge in [0.15, 0.2) is 0 Å². The lowest BCUT2D eigenvalue weighted by atomic mass is 9.95. The molecule has 1 N–H and O–H groups in total. The van der Waals surface area contributed by atoms with Gasteiger partial charge < -0.3 is 9.88 Å². The Morgan fingerprint density at radius 2 is 1.96 bits per heavy atom. The van der Waals surface area contributed by atoms with Gasteiger partial charge in [-0.2, -0.15) is 0 Å². The summed E-state index contributed by atoms with van der Waals surface area (Å²) in [5.74, 6) is 2.76. The molecule has 0 bridgehead atoms. The lowest BCUT2D eigenvalue weighted by Gasteiger charge is -2.32. The molecule has 5 nitrogen and oxygen atoms in total. The number of hydrogen-bond acceptors (Lipinski definition) is 4. The van der Waals surface area contributed by atoms with Gasteiger partial charge in [-0.15, -0.1) is 10.2 Å². The van der Waals surface area contributed by atoms with E-state index in [9.17, 15) is 0 Å². The molecule has 0 atom stereocenters. The molecule has 128 valence electrons. The number of halogens is 2. The molecule has 3 heterocycles. The first-order valence-corrected chi connectivity index (χ1v) is 9.26. The maximum Gasteiger partial charge on any atom is 0.147 e. The maximum absolute atomic E-state index is 6.32. The predicted octanol–water partition coefficient (Wildman–Crippen LogP) is 3.07. The minimum Gasteiger partial charge on any atom is -0.312 e. The van der Waals surface area contributed by atoms with Crippen molar-refractivity contribution in [2.75, 3.05) is 19.6 Å². The normalized spacial score (nSPS) is 19.4. The quantitative estimate of drug-likeness (QED) is 0.907. The number of aromatic nitrogens is 3. The molecule has 0 spiro atoms. The van der Waals surface area contributed by atoms with Crippen molar-refractivity contribution in [3.05, 3.63) is 45.5 Å². The van der Waals surface area contributed by atoms with Crippen LogP contribution in [0.4, 0.5) is 0 Å². The molecule has 4 rings (SSSR count). The van der Waals surface area contributed by atoms with Crippen LogP contribution in [0, 0.1) is 0 Å². The number of nitrogens with zero attached hydrogens (tertiary/aromatic N) is 4. The number of fused-ring (bicyclic) bond motifs is 1. The molecular weight excluding hydrogens is 345 g/mol. The molecule has 0 aliphatic carbocycles. The van der Waals surface area contributed by atoms with E-state index in [1.165, 1.54) is 5.82 Å². The summed E-state index contributed by atoms with van der Waals surface area (Å²) < 4.78 is 2.31. The first-order valence-electron chi connectivity index (χ1n) is 8.50. The van der Waals surface area contributed by atoms with Crippen LogP contribution in [-0.4, -0.2) is 39.3 Å². The summed E-state index contributed by atoms with van der Waals surface area (Å²) in [6, 6.07) is 5.86. The zero-order valence-electron chi connectivity index (χ0n) is 13.5. The summed E-state index contributed by atoms with van der Waals surface area (Å²) in [4.78, 5) is 2.45. The molecule has 2 aliphatic rings. The van der Waals surface area contributed by atoms with E-state index in [0.29, 0.717) is 16.0 Å². The van der Waals surface area contributed by atoms with Gasteiger partial charge in [-0.05, 0) is 37.6 Å². The van der Waals surface area contributed by atoms with Gasteiger partial charge in [-0.3, -0.25) is 4.90 Å². The summed E-state index contributed by atoms with van der Waals surface area (Å²) in [6.07, 6.45) is 2.23. The van der Waals surface area contributed by atoms with Gasteiger partial charge in [-0.25, -0.2) is 0 Å². The van der Waals surface area contributed by atoms with E-state index in [2.05, 4.69) is 31.0 Å². The van der Waals surface area contributed by atoms with E-state index in [0.717, 1.165) is 63.5 Å². The van der Waals surface area contributed by atoms with Crippen molar-refractivity contribution in [2.45, 2.75) is 38.4 Å². The average molecular weight is 366 g/mol. The third kappa shape index (κ3) is 3.18. The smallest absolute Gasteiger partial charge is 0.147 e. The molecule has 0 radical (unpaired) electrons. The number of piperidine rings is 1. The predicted molar refractivity (Wildman–Crippen MR) is 95.4 cm³/mol. The van der Waals surface area contributed by atoms with Crippen LogP contribution in [0.2, 0.25) is 10.0 Å². The van der Waals surface area contributed by atoms with Crippen LogP contribution in [0.5, 0.6) is 0 Å². The Balaban J connectivity index is 1.40. The largest absolute Gasteiger partial charge is 0.312 e. The van der Waals surface area contributed by atoms with Gasteiger partial charge >= 0.3 is 0 Å². The number of rotatable bonds is 3. The number of nitrogens with one attached hydrogen (secondary N) is 1. The van der Waals surface area contributed by atoms with E-state index < -0.39 is 0 Å². The van der Waals surface area contributed by atoms with Gasteiger partial charge in [-0.1, -0.05) is 35.3 Å². The molecule has 0 amide bonds. The van der Waals surface area contributed by atoms with Crippen LogP contribution in [0.25, 0.3) is 0 Å². The fraction of sp³-hybridized carbons (Fsp3) is 0.529. The Hall–Kier alpha value is -1.14. The van der Waals surface area contributed by atoms with Crippen molar-refractivity contribution in [1.29, 1.82) is 0 Å². The summed E-state index contributed by atoms with van der Waals surface area (Å²) in [6.45, 7) is 5.77. The highest BCUT2D eigenvalue weighted by Crippen LogP contribution is 2.31. The van der Waals surface area contributed by atoms with Crippen molar-refractivity contribution in [3.63, 3.8) is 0 Å². The second-order valence-electron chi connectivity index (χ2n) is 6.57. The molecule has 1 aromatic heterocycles. The lowest BCUT2D eigenvalue weighted by molar-refractivity contribution is 0.199. The van der Waals surface area contributed by atoms with Crippen molar-refractivity contribution in [3.8, 4) is 0 Å². The minimum absolute atomic E-state index is 0.510. The second-order valence-corrected chi connectivity index (χ2v) is 7.35. The molecule has 1 saturated heterocycles. The van der Waals surface area contributed by atoms with Gasteiger partial charge in [0, 0.05) is 25.6 Å². The lowest BCUT2D eigenvalue weighted by Crippen LogP contribution is -2.34. The summed E-state index contributed by atoms with van der Waals surface area (Å²) in [5, 5.41) is 13.5. The van der Waals surface area contributed by atoms with Crippen LogP contribution in [0.3, 0.4) is 0 Å².